The second-order valence-electron chi connectivity index (χ2n) is 3.71. The Balaban J connectivity index is 2.16. The van der Waals surface area contributed by atoms with Crippen LogP contribution in [0.15, 0.2) is 12.3 Å². The van der Waals surface area contributed by atoms with Crippen molar-refractivity contribution < 1.29 is 0 Å². The van der Waals surface area contributed by atoms with Crippen LogP contribution in [0.5, 0.6) is 0 Å². The Labute approximate surface area is 94.7 Å². The van der Waals surface area contributed by atoms with E-state index in [4.69, 9.17) is 0 Å². The summed E-state index contributed by atoms with van der Waals surface area (Å²) in [5.74, 6) is 4.19. The average molecular weight is 224 g/mol. The largest absolute Gasteiger partial charge is 0.363 e. The second kappa shape index (κ2) is 4.70. The van der Waals surface area contributed by atoms with Crippen LogP contribution < -0.4 is 9.80 Å². The van der Waals surface area contributed by atoms with E-state index in [9.17, 15) is 0 Å². The molecule has 0 bridgehead atoms. The maximum atomic E-state index is 4.53. The van der Waals surface area contributed by atoms with E-state index >= 15 is 0 Å². The highest BCUT2D eigenvalue weighted by Crippen LogP contribution is 2.17. The van der Waals surface area contributed by atoms with Crippen LogP contribution >= 0.6 is 11.8 Å². The van der Waals surface area contributed by atoms with Gasteiger partial charge in [-0.05, 0) is 6.07 Å². The summed E-state index contributed by atoms with van der Waals surface area (Å²) < 4.78 is 0. The Morgan fingerprint density at radius 3 is 2.73 bits per heavy atom. The van der Waals surface area contributed by atoms with Crippen LogP contribution in [-0.4, -0.2) is 48.7 Å². The molecule has 82 valence electrons. The number of nitrogens with zero attached hydrogens (tertiary/aromatic N) is 4. The topological polar surface area (TPSA) is 32.3 Å². The van der Waals surface area contributed by atoms with Gasteiger partial charge in [-0.15, -0.1) is 0 Å². The molecule has 0 aromatic carbocycles. The molecule has 0 N–H and O–H groups in total. The molecule has 1 aromatic heterocycles. The quantitative estimate of drug-likeness (QED) is 0.751. The summed E-state index contributed by atoms with van der Waals surface area (Å²) in [6.07, 6.45) is 1.83. The molecule has 4 nitrogen and oxygen atoms in total. The lowest BCUT2D eigenvalue weighted by atomic mass is 10.5. The minimum Gasteiger partial charge on any atom is -0.363 e. The zero-order valence-corrected chi connectivity index (χ0v) is 10.00. The van der Waals surface area contributed by atoms with Crippen molar-refractivity contribution in [1.82, 2.24) is 9.97 Å². The van der Waals surface area contributed by atoms with Crippen molar-refractivity contribution in [3.05, 3.63) is 12.3 Å². The predicted molar refractivity (Wildman–Crippen MR) is 65.9 cm³/mol. The van der Waals surface area contributed by atoms with Crippen molar-refractivity contribution >= 4 is 23.5 Å². The van der Waals surface area contributed by atoms with Crippen molar-refractivity contribution in [3.8, 4) is 0 Å². The SMILES string of the molecule is CN(C)c1ccnc(N2CCSCC2)n1. The maximum absolute atomic E-state index is 4.53. The molecule has 2 heterocycles. The lowest BCUT2D eigenvalue weighted by Crippen LogP contribution is -2.34. The van der Waals surface area contributed by atoms with Crippen molar-refractivity contribution in [3.63, 3.8) is 0 Å². The van der Waals surface area contributed by atoms with E-state index in [1.807, 2.05) is 43.0 Å². The van der Waals surface area contributed by atoms with Crippen LogP contribution in [0, 0.1) is 0 Å². The number of aromatic nitrogens is 2. The Kier molecular flexibility index (Phi) is 3.30. The molecule has 0 unspecified atom stereocenters. The first-order chi connectivity index (χ1) is 7.27. The van der Waals surface area contributed by atoms with Crippen LogP contribution in [0.2, 0.25) is 0 Å². The molecule has 5 heteroatoms. The molecular formula is C10H16N4S. The van der Waals surface area contributed by atoms with E-state index in [0.717, 1.165) is 24.9 Å². The van der Waals surface area contributed by atoms with Gasteiger partial charge in [-0.3, -0.25) is 0 Å². The lowest BCUT2D eigenvalue weighted by Gasteiger charge is -2.26. The van der Waals surface area contributed by atoms with Crippen LogP contribution in [0.3, 0.4) is 0 Å². The average Bonchev–Trinajstić information content (AvgIpc) is 2.30. The fourth-order valence-corrected chi connectivity index (χ4v) is 2.41. The van der Waals surface area contributed by atoms with Gasteiger partial charge in [0.05, 0.1) is 0 Å². The molecule has 0 amide bonds. The van der Waals surface area contributed by atoms with E-state index in [-0.39, 0.29) is 0 Å². The second-order valence-corrected chi connectivity index (χ2v) is 4.93. The first kappa shape index (κ1) is 10.5. The minimum atomic E-state index is 0.863. The van der Waals surface area contributed by atoms with Gasteiger partial charge in [0, 0.05) is 44.9 Å². The lowest BCUT2D eigenvalue weighted by molar-refractivity contribution is 0.812. The predicted octanol–water partition coefficient (Wildman–Crippen LogP) is 1.10. The van der Waals surface area contributed by atoms with Crippen LogP contribution in [0.1, 0.15) is 0 Å². The summed E-state index contributed by atoms with van der Waals surface area (Å²) in [7, 11) is 4.00. The zero-order chi connectivity index (χ0) is 10.7. The van der Waals surface area contributed by atoms with Gasteiger partial charge in [0.1, 0.15) is 5.82 Å². The van der Waals surface area contributed by atoms with Crippen molar-refractivity contribution in [1.29, 1.82) is 0 Å². The van der Waals surface area contributed by atoms with Gasteiger partial charge in [0.25, 0.3) is 0 Å². The highest BCUT2D eigenvalue weighted by Gasteiger charge is 2.13. The fourth-order valence-electron chi connectivity index (χ4n) is 1.50. The summed E-state index contributed by atoms with van der Waals surface area (Å²) in [6, 6.07) is 1.93. The van der Waals surface area contributed by atoms with Gasteiger partial charge >= 0.3 is 0 Å². The number of anilines is 2. The summed E-state index contributed by atoms with van der Waals surface area (Å²) in [5, 5.41) is 0. The highest BCUT2D eigenvalue weighted by molar-refractivity contribution is 7.99. The first-order valence-electron chi connectivity index (χ1n) is 5.10. The third kappa shape index (κ3) is 2.53. The van der Waals surface area contributed by atoms with Crippen molar-refractivity contribution in [2.24, 2.45) is 0 Å². The molecule has 0 spiro atoms. The third-order valence-corrected chi connectivity index (χ3v) is 3.32. The fraction of sp³-hybridized carbons (Fsp3) is 0.600. The van der Waals surface area contributed by atoms with Crippen LogP contribution in [0.25, 0.3) is 0 Å². The Morgan fingerprint density at radius 1 is 1.33 bits per heavy atom. The van der Waals surface area contributed by atoms with E-state index in [0.29, 0.717) is 0 Å². The molecule has 0 atom stereocenters. The number of hydrogen-bond acceptors (Lipinski definition) is 5. The van der Waals surface area contributed by atoms with Crippen molar-refractivity contribution in [2.75, 3.05) is 48.5 Å². The molecule has 2 rings (SSSR count). The zero-order valence-electron chi connectivity index (χ0n) is 9.18. The monoisotopic (exact) mass is 224 g/mol. The van der Waals surface area contributed by atoms with Gasteiger partial charge in [-0.1, -0.05) is 0 Å². The van der Waals surface area contributed by atoms with Gasteiger partial charge < -0.3 is 9.80 Å². The molecule has 1 aliphatic rings. The Morgan fingerprint density at radius 2 is 2.07 bits per heavy atom. The summed E-state index contributed by atoms with van der Waals surface area (Å²) in [6.45, 7) is 2.11. The first-order valence-corrected chi connectivity index (χ1v) is 6.26. The Bertz CT molecular complexity index is 323. The van der Waals surface area contributed by atoms with Crippen LogP contribution in [-0.2, 0) is 0 Å². The maximum Gasteiger partial charge on any atom is 0.227 e. The molecule has 1 aromatic rings. The summed E-state index contributed by atoms with van der Waals surface area (Å²) in [5.41, 5.74) is 0. The van der Waals surface area contributed by atoms with Crippen molar-refractivity contribution in [2.45, 2.75) is 0 Å². The highest BCUT2D eigenvalue weighted by atomic mass is 32.2. The van der Waals surface area contributed by atoms with Gasteiger partial charge in [0.15, 0.2) is 0 Å². The van der Waals surface area contributed by atoms with E-state index in [1.54, 1.807) is 0 Å². The molecule has 0 saturated carbocycles. The molecule has 1 fully saturated rings. The molecular weight excluding hydrogens is 208 g/mol. The molecule has 0 radical (unpaired) electrons. The Hall–Kier alpha value is -0.970. The van der Waals surface area contributed by atoms with Gasteiger partial charge in [0.2, 0.25) is 5.95 Å². The van der Waals surface area contributed by atoms with Crippen LogP contribution in [0.4, 0.5) is 11.8 Å². The molecule has 1 aliphatic heterocycles. The van der Waals surface area contributed by atoms with Gasteiger partial charge in [-0.2, -0.15) is 16.7 Å². The summed E-state index contributed by atoms with van der Waals surface area (Å²) in [4.78, 5) is 13.1. The molecule has 15 heavy (non-hydrogen) atoms. The number of hydrogen-bond donors (Lipinski definition) is 0. The summed E-state index contributed by atoms with van der Waals surface area (Å²) >= 11 is 2.00. The number of thioether (sulfide) groups is 1. The third-order valence-electron chi connectivity index (χ3n) is 2.38. The van der Waals surface area contributed by atoms with E-state index in [1.165, 1.54) is 11.5 Å². The smallest absolute Gasteiger partial charge is 0.227 e. The minimum absolute atomic E-state index is 0.863. The van der Waals surface area contributed by atoms with Gasteiger partial charge in [-0.25, -0.2) is 4.98 Å². The molecule has 1 saturated heterocycles. The number of rotatable bonds is 2. The van der Waals surface area contributed by atoms with E-state index in [2.05, 4.69) is 14.9 Å². The molecule has 0 aliphatic carbocycles. The van der Waals surface area contributed by atoms with E-state index < -0.39 is 0 Å². The standard InChI is InChI=1S/C10H16N4S/c1-13(2)9-3-4-11-10(12-9)14-5-7-15-8-6-14/h3-4H,5-8H2,1-2H3. The normalized spacial score (nSPS) is 16.5.